The van der Waals surface area contributed by atoms with E-state index in [0.29, 0.717) is 11.5 Å². The minimum absolute atomic E-state index is 0.467. The van der Waals surface area contributed by atoms with E-state index in [4.69, 9.17) is 0 Å². The summed E-state index contributed by atoms with van der Waals surface area (Å²) >= 11 is 0. The van der Waals surface area contributed by atoms with Crippen molar-refractivity contribution in [2.24, 2.45) is 5.92 Å². The lowest BCUT2D eigenvalue weighted by Gasteiger charge is -2.52. The van der Waals surface area contributed by atoms with E-state index in [0.717, 1.165) is 5.92 Å². The molecule has 1 saturated heterocycles. The Balaban J connectivity index is 2.06. The Morgan fingerprint density at radius 1 is 1.17 bits per heavy atom. The normalized spacial score (nSPS) is 36.1. The summed E-state index contributed by atoms with van der Waals surface area (Å²) in [6, 6.07) is 9.78. The average molecular weight is 243 g/mol. The van der Waals surface area contributed by atoms with Crippen molar-refractivity contribution in [3.05, 3.63) is 35.4 Å². The molecule has 1 aromatic carbocycles. The Morgan fingerprint density at radius 2 is 2.00 bits per heavy atom. The van der Waals surface area contributed by atoms with Gasteiger partial charge in [-0.2, -0.15) is 0 Å². The second kappa shape index (κ2) is 4.70. The zero-order valence-electron chi connectivity index (χ0n) is 11.7. The van der Waals surface area contributed by atoms with Gasteiger partial charge in [-0.15, -0.1) is 0 Å². The van der Waals surface area contributed by atoms with Crippen molar-refractivity contribution in [3.63, 3.8) is 0 Å². The van der Waals surface area contributed by atoms with Crippen molar-refractivity contribution in [1.29, 1.82) is 0 Å². The van der Waals surface area contributed by atoms with Crippen LogP contribution in [0, 0.1) is 12.8 Å². The van der Waals surface area contributed by atoms with Gasteiger partial charge in [0.2, 0.25) is 0 Å². The highest BCUT2D eigenvalue weighted by atomic mass is 14.9. The van der Waals surface area contributed by atoms with Crippen LogP contribution in [0.3, 0.4) is 0 Å². The van der Waals surface area contributed by atoms with Crippen LogP contribution in [-0.4, -0.2) is 12.6 Å². The quantitative estimate of drug-likeness (QED) is 0.791. The maximum absolute atomic E-state index is 3.70. The number of hydrogen-bond acceptors (Lipinski definition) is 1. The van der Waals surface area contributed by atoms with E-state index in [1.165, 1.54) is 44.2 Å². The number of rotatable bonds is 1. The van der Waals surface area contributed by atoms with Crippen LogP contribution in [0.4, 0.5) is 0 Å². The molecule has 1 nitrogen and oxygen atoms in total. The largest absolute Gasteiger partial charge is 0.314 e. The third-order valence-corrected chi connectivity index (χ3v) is 5.42. The monoisotopic (exact) mass is 243 g/mol. The minimum Gasteiger partial charge on any atom is -0.314 e. The summed E-state index contributed by atoms with van der Waals surface area (Å²) in [4.78, 5) is 0. The third-order valence-electron chi connectivity index (χ3n) is 5.42. The van der Waals surface area contributed by atoms with Crippen LogP contribution in [-0.2, 0) is 5.41 Å². The Labute approximate surface area is 111 Å². The number of benzene rings is 1. The van der Waals surface area contributed by atoms with Gasteiger partial charge in [0.25, 0.3) is 0 Å². The Bertz CT molecular complexity index is 421. The molecule has 1 heterocycles. The molecule has 0 spiro atoms. The maximum atomic E-state index is 3.70. The molecule has 0 radical (unpaired) electrons. The summed E-state index contributed by atoms with van der Waals surface area (Å²) in [6.07, 6.45) is 6.96. The van der Waals surface area contributed by atoms with Gasteiger partial charge in [0.15, 0.2) is 0 Å². The molecule has 1 aliphatic carbocycles. The Morgan fingerprint density at radius 3 is 2.83 bits per heavy atom. The van der Waals surface area contributed by atoms with Gasteiger partial charge in [0.1, 0.15) is 0 Å². The number of piperidine rings is 1. The van der Waals surface area contributed by atoms with Crippen LogP contribution >= 0.6 is 0 Å². The first-order valence-corrected chi connectivity index (χ1v) is 7.53. The molecule has 1 N–H and O–H groups in total. The first-order valence-electron chi connectivity index (χ1n) is 7.53. The van der Waals surface area contributed by atoms with Gasteiger partial charge in [0.05, 0.1) is 0 Å². The van der Waals surface area contributed by atoms with Crippen molar-refractivity contribution < 1.29 is 0 Å². The maximum Gasteiger partial charge on any atom is 0.00755 e. The van der Waals surface area contributed by atoms with Crippen LogP contribution in [0.25, 0.3) is 0 Å². The highest BCUT2D eigenvalue weighted by molar-refractivity contribution is 5.36. The lowest BCUT2D eigenvalue weighted by atomic mass is 9.57. The molecule has 98 valence electrons. The zero-order valence-corrected chi connectivity index (χ0v) is 11.7. The van der Waals surface area contributed by atoms with Gasteiger partial charge in [0, 0.05) is 11.5 Å². The first-order chi connectivity index (χ1) is 8.74. The molecule has 1 aliphatic heterocycles. The number of nitrogens with one attached hydrogen (secondary N) is 1. The third kappa shape index (κ3) is 1.80. The van der Waals surface area contributed by atoms with Gasteiger partial charge in [-0.25, -0.2) is 0 Å². The molecule has 18 heavy (non-hydrogen) atoms. The van der Waals surface area contributed by atoms with E-state index in [-0.39, 0.29) is 0 Å². The number of aryl methyl sites for hydroxylation is 1. The molecular formula is C17H25N. The van der Waals surface area contributed by atoms with Crippen LogP contribution in [0.15, 0.2) is 24.3 Å². The molecule has 1 saturated carbocycles. The highest BCUT2D eigenvalue weighted by Crippen LogP contribution is 2.50. The van der Waals surface area contributed by atoms with Gasteiger partial charge in [-0.1, -0.05) is 37.1 Å². The lowest BCUT2D eigenvalue weighted by Crippen LogP contribution is -2.54. The molecule has 2 fully saturated rings. The second-order valence-electron chi connectivity index (χ2n) is 6.32. The fourth-order valence-corrected chi connectivity index (χ4v) is 4.57. The van der Waals surface area contributed by atoms with Gasteiger partial charge < -0.3 is 5.32 Å². The first kappa shape index (κ1) is 12.2. The average Bonchev–Trinajstić information content (AvgIpc) is 2.39. The molecule has 0 bridgehead atoms. The van der Waals surface area contributed by atoms with Gasteiger partial charge >= 0.3 is 0 Å². The molecule has 2 aliphatic rings. The summed E-state index contributed by atoms with van der Waals surface area (Å²) in [6.45, 7) is 5.87. The molecule has 2 unspecified atom stereocenters. The Hall–Kier alpha value is -0.820. The summed E-state index contributed by atoms with van der Waals surface area (Å²) in [5.74, 6) is 0.834. The fourth-order valence-electron chi connectivity index (χ4n) is 4.57. The summed E-state index contributed by atoms with van der Waals surface area (Å²) in [7, 11) is 0. The highest BCUT2D eigenvalue weighted by Gasteiger charge is 2.46. The number of fused-ring (bicyclic) bond motifs is 1. The van der Waals surface area contributed by atoms with Crippen LogP contribution in [0.2, 0.25) is 0 Å². The second-order valence-corrected chi connectivity index (χ2v) is 6.32. The van der Waals surface area contributed by atoms with Gasteiger partial charge in [-0.05, 0) is 56.7 Å². The molecule has 3 atom stereocenters. The smallest absolute Gasteiger partial charge is 0.00755 e. The van der Waals surface area contributed by atoms with E-state index in [2.05, 4.69) is 43.4 Å². The predicted molar refractivity (Wildman–Crippen MR) is 76.9 cm³/mol. The van der Waals surface area contributed by atoms with Crippen LogP contribution < -0.4 is 5.32 Å². The summed E-state index contributed by atoms with van der Waals surface area (Å²) < 4.78 is 0. The van der Waals surface area contributed by atoms with Gasteiger partial charge in [-0.3, -0.25) is 0 Å². The van der Waals surface area contributed by atoms with Crippen molar-refractivity contribution in [2.75, 3.05) is 6.54 Å². The molecule has 1 heteroatoms. The molecule has 0 amide bonds. The molecule has 3 rings (SSSR count). The SMILES string of the molecule is Cc1ccccc1[C@@]12CCCCC1C(C)NCC2. The van der Waals surface area contributed by atoms with Crippen molar-refractivity contribution in [3.8, 4) is 0 Å². The lowest BCUT2D eigenvalue weighted by molar-refractivity contribution is 0.100. The number of hydrogen-bond donors (Lipinski definition) is 1. The Kier molecular flexibility index (Phi) is 3.19. The van der Waals surface area contributed by atoms with Crippen LogP contribution in [0.1, 0.15) is 50.2 Å². The van der Waals surface area contributed by atoms with Crippen molar-refractivity contribution in [1.82, 2.24) is 5.32 Å². The summed E-state index contributed by atoms with van der Waals surface area (Å²) in [5.41, 5.74) is 3.61. The molecular weight excluding hydrogens is 218 g/mol. The van der Waals surface area contributed by atoms with E-state index in [9.17, 15) is 0 Å². The fraction of sp³-hybridized carbons (Fsp3) is 0.647. The molecule has 1 aromatic rings. The van der Waals surface area contributed by atoms with Crippen molar-refractivity contribution >= 4 is 0 Å². The predicted octanol–water partition coefficient (Wildman–Crippen LogP) is 3.80. The van der Waals surface area contributed by atoms with E-state index >= 15 is 0 Å². The van der Waals surface area contributed by atoms with E-state index in [1.54, 1.807) is 5.56 Å². The van der Waals surface area contributed by atoms with Crippen LogP contribution in [0.5, 0.6) is 0 Å². The standard InChI is InChI=1S/C17H25N/c1-13-7-3-4-8-15(13)17-10-6-5-9-16(17)14(2)18-12-11-17/h3-4,7-8,14,16,18H,5-6,9-12H2,1-2H3/t14?,16?,17-/m0/s1. The van der Waals surface area contributed by atoms with E-state index < -0.39 is 0 Å². The summed E-state index contributed by atoms with van der Waals surface area (Å²) in [5, 5.41) is 3.70. The minimum atomic E-state index is 0.467. The zero-order chi connectivity index (χ0) is 12.6. The molecule has 0 aromatic heterocycles. The van der Waals surface area contributed by atoms with Crippen molar-refractivity contribution in [2.45, 2.75) is 57.4 Å². The van der Waals surface area contributed by atoms with E-state index in [1.807, 2.05) is 0 Å². The topological polar surface area (TPSA) is 12.0 Å².